The second-order valence-corrected chi connectivity index (χ2v) is 8.28. The summed E-state index contributed by atoms with van der Waals surface area (Å²) < 4.78 is 1.40. The first-order chi connectivity index (χ1) is 11.4. The molecule has 1 aromatic rings. The number of likely N-dealkylation sites (N-methyl/N-ethyl adjacent to an activating group) is 1. The highest BCUT2D eigenvalue weighted by molar-refractivity contribution is 9.10. The molecule has 1 fully saturated rings. The number of nitrogens with zero attached hydrogens (tertiary/aromatic N) is 2. The summed E-state index contributed by atoms with van der Waals surface area (Å²) in [6.07, 6.45) is 0.812. The van der Waals surface area contributed by atoms with Gasteiger partial charge in [0.15, 0.2) is 0 Å². The molecule has 24 heavy (non-hydrogen) atoms. The van der Waals surface area contributed by atoms with E-state index < -0.39 is 0 Å². The Morgan fingerprint density at radius 3 is 2.58 bits per heavy atom. The molecule has 0 N–H and O–H groups in total. The molecule has 0 aromatic heterocycles. The Kier molecular flexibility index (Phi) is 4.86. The van der Waals surface area contributed by atoms with Gasteiger partial charge in [0.05, 0.1) is 16.2 Å². The smallest absolute Gasteiger partial charge is 0.267 e. The summed E-state index contributed by atoms with van der Waals surface area (Å²) in [5.74, 6) is -0.290. The molecule has 2 aliphatic heterocycles. The number of carbonyl (C=O) groups is 2. The van der Waals surface area contributed by atoms with Crippen LogP contribution in [0.25, 0.3) is 5.57 Å². The molecule has 126 valence electrons. The molecule has 2 amide bonds. The molecule has 2 aliphatic rings. The fourth-order valence-corrected chi connectivity index (χ4v) is 4.82. The van der Waals surface area contributed by atoms with Crippen LogP contribution in [0.15, 0.2) is 27.6 Å². The Bertz CT molecular complexity index is 791. The number of benzene rings is 1. The highest BCUT2D eigenvalue weighted by Crippen LogP contribution is 2.45. The molecule has 0 radical (unpaired) electrons. The zero-order valence-electron chi connectivity index (χ0n) is 13.6. The van der Waals surface area contributed by atoms with Gasteiger partial charge in [-0.25, -0.2) is 0 Å². The van der Waals surface area contributed by atoms with Gasteiger partial charge in [-0.05, 0) is 38.5 Å². The predicted octanol–water partition coefficient (Wildman–Crippen LogP) is 4.19. The maximum atomic E-state index is 12.9. The van der Waals surface area contributed by atoms with Crippen molar-refractivity contribution in [2.24, 2.45) is 0 Å². The number of halogens is 1. The molecule has 1 aromatic carbocycles. The number of fused-ring (bicyclic) bond motifs is 1. The molecule has 2 heterocycles. The van der Waals surface area contributed by atoms with Gasteiger partial charge in [-0.15, -0.1) is 0 Å². The SMILES string of the molecule is CCC(C)N1C(=O)/C(=C2/C(=O)N(CC)c3ccc(Br)cc32)SC1=S. The van der Waals surface area contributed by atoms with Crippen LogP contribution in [0, 0.1) is 0 Å². The van der Waals surface area contributed by atoms with E-state index in [0.29, 0.717) is 21.3 Å². The van der Waals surface area contributed by atoms with E-state index in [1.165, 1.54) is 11.8 Å². The van der Waals surface area contributed by atoms with Crippen molar-refractivity contribution >= 4 is 67.3 Å². The van der Waals surface area contributed by atoms with Crippen LogP contribution in [0.2, 0.25) is 0 Å². The average Bonchev–Trinajstić information content (AvgIpc) is 2.99. The fourth-order valence-electron chi connectivity index (χ4n) is 2.93. The van der Waals surface area contributed by atoms with Crippen LogP contribution < -0.4 is 4.90 Å². The van der Waals surface area contributed by atoms with E-state index in [1.807, 2.05) is 39.0 Å². The van der Waals surface area contributed by atoms with E-state index in [1.54, 1.807) is 9.80 Å². The number of rotatable bonds is 3. The summed E-state index contributed by atoms with van der Waals surface area (Å²) in [6.45, 7) is 6.47. The van der Waals surface area contributed by atoms with Gasteiger partial charge in [-0.1, -0.05) is 46.8 Å². The first-order valence-electron chi connectivity index (χ1n) is 7.82. The molecular formula is C17H17BrN2O2S2. The standard InChI is InChI=1S/C17H17BrN2O2S2/c1-4-9(3)20-16(22)14(24-17(20)23)13-11-8-10(18)6-7-12(11)19(5-2)15(13)21/h6-9H,4-5H2,1-3H3/b14-13-. The number of thiocarbonyl (C=S) groups is 1. The van der Waals surface area contributed by atoms with Crippen LogP contribution in [-0.4, -0.2) is 33.6 Å². The van der Waals surface area contributed by atoms with Crippen LogP contribution in [0.5, 0.6) is 0 Å². The first kappa shape index (κ1) is 17.6. The van der Waals surface area contributed by atoms with Crippen LogP contribution in [0.1, 0.15) is 32.8 Å². The lowest BCUT2D eigenvalue weighted by molar-refractivity contribution is -0.123. The molecule has 0 saturated carbocycles. The minimum Gasteiger partial charge on any atom is -0.308 e. The maximum Gasteiger partial charge on any atom is 0.267 e. The summed E-state index contributed by atoms with van der Waals surface area (Å²) in [6, 6.07) is 5.73. The van der Waals surface area contributed by atoms with Crippen molar-refractivity contribution in [1.82, 2.24) is 4.90 Å². The van der Waals surface area contributed by atoms with Gasteiger partial charge < -0.3 is 4.90 Å². The summed E-state index contributed by atoms with van der Waals surface area (Å²) in [7, 11) is 0. The molecule has 3 rings (SSSR count). The Morgan fingerprint density at radius 1 is 1.25 bits per heavy atom. The van der Waals surface area contributed by atoms with Crippen molar-refractivity contribution < 1.29 is 9.59 Å². The number of hydrogen-bond acceptors (Lipinski definition) is 4. The summed E-state index contributed by atoms with van der Waals surface area (Å²) in [5, 5.41) is 0. The minimum absolute atomic E-state index is 0.0244. The first-order valence-corrected chi connectivity index (χ1v) is 9.83. The van der Waals surface area contributed by atoms with Crippen molar-refractivity contribution in [3.8, 4) is 0 Å². The zero-order valence-corrected chi connectivity index (χ0v) is 16.8. The molecule has 4 nitrogen and oxygen atoms in total. The number of amides is 2. The summed E-state index contributed by atoms with van der Waals surface area (Å²) >= 11 is 10.1. The van der Waals surface area contributed by atoms with Crippen molar-refractivity contribution in [2.45, 2.75) is 33.2 Å². The van der Waals surface area contributed by atoms with Gasteiger partial charge >= 0.3 is 0 Å². The molecule has 7 heteroatoms. The second-order valence-electron chi connectivity index (χ2n) is 5.72. The third kappa shape index (κ3) is 2.62. The number of hydrogen-bond donors (Lipinski definition) is 0. The van der Waals surface area contributed by atoms with Gasteiger partial charge in [0.2, 0.25) is 0 Å². The number of anilines is 1. The Balaban J connectivity index is 2.17. The van der Waals surface area contributed by atoms with Gasteiger partial charge in [-0.3, -0.25) is 14.5 Å². The normalized spacial score (nSPS) is 21.8. The largest absolute Gasteiger partial charge is 0.308 e. The van der Waals surface area contributed by atoms with E-state index in [4.69, 9.17) is 12.2 Å². The predicted molar refractivity (Wildman–Crippen MR) is 106 cm³/mol. The lowest BCUT2D eigenvalue weighted by Crippen LogP contribution is -2.36. The molecule has 0 aliphatic carbocycles. The van der Waals surface area contributed by atoms with Crippen molar-refractivity contribution in [2.75, 3.05) is 11.4 Å². The van der Waals surface area contributed by atoms with Gasteiger partial charge in [0.25, 0.3) is 11.8 Å². The Labute approximate surface area is 159 Å². The highest BCUT2D eigenvalue weighted by atomic mass is 79.9. The molecule has 0 bridgehead atoms. The fraction of sp³-hybridized carbons (Fsp3) is 0.353. The van der Waals surface area contributed by atoms with Crippen molar-refractivity contribution in [1.29, 1.82) is 0 Å². The minimum atomic E-state index is -0.161. The zero-order chi connectivity index (χ0) is 17.6. The van der Waals surface area contributed by atoms with Crippen LogP contribution in [0.4, 0.5) is 5.69 Å². The van der Waals surface area contributed by atoms with Crippen molar-refractivity contribution in [3.63, 3.8) is 0 Å². The molecule has 1 atom stereocenters. The van der Waals surface area contributed by atoms with Gasteiger partial charge in [0, 0.05) is 22.6 Å². The monoisotopic (exact) mass is 424 g/mol. The Morgan fingerprint density at radius 2 is 1.96 bits per heavy atom. The van der Waals surface area contributed by atoms with E-state index >= 15 is 0 Å². The third-order valence-electron chi connectivity index (χ3n) is 4.35. The molecule has 1 saturated heterocycles. The van der Waals surface area contributed by atoms with E-state index in [-0.39, 0.29) is 17.9 Å². The van der Waals surface area contributed by atoms with E-state index in [2.05, 4.69) is 15.9 Å². The lowest BCUT2D eigenvalue weighted by Gasteiger charge is -2.21. The topological polar surface area (TPSA) is 40.6 Å². The highest BCUT2D eigenvalue weighted by Gasteiger charge is 2.42. The number of thioether (sulfide) groups is 1. The van der Waals surface area contributed by atoms with Gasteiger partial charge in [0.1, 0.15) is 4.32 Å². The van der Waals surface area contributed by atoms with Gasteiger partial charge in [-0.2, -0.15) is 0 Å². The maximum absolute atomic E-state index is 12.9. The van der Waals surface area contributed by atoms with E-state index in [9.17, 15) is 9.59 Å². The quantitative estimate of drug-likeness (QED) is 0.538. The molecule has 1 unspecified atom stereocenters. The Hall–Kier alpha value is -1.18. The number of carbonyl (C=O) groups excluding carboxylic acids is 2. The summed E-state index contributed by atoms with van der Waals surface area (Å²) in [5.41, 5.74) is 2.10. The van der Waals surface area contributed by atoms with Crippen LogP contribution >= 0.6 is 39.9 Å². The molecular weight excluding hydrogens is 408 g/mol. The van der Waals surface area contributed by atoms with Crippen molar-refractivity contribution in [3.05, 3.63) is 33.1 Å². The van der Waals surface area contributed by atoms with Crippen LogP contribution in [0.3, 0.4) is 0 Å². The third-order valence-corrected chi connectivity index (χ3v) is 6.25. The average molecular weight is 425 g/mol. The second kappa shape index (κ2) is 6.61. The lowest BCUT2D eigenvalue weighted by atomic mass is 10.1. The summed E-state index contributed by atoms with van der Waals surface area (Å²) in [4.78, 5) is 29.6. The molecule has 0 spiro atoms. The van der Waals surface area contributed by atoms with Crippen LogP contribution in [-0.2, 0) is 9.59 Å². The van der Waals surface area contributed by atoms with E-state index in [0.717, 1.165) is 22.1 Å².